The van der Waals surface area contributed by atoms with Crippen LogP contribution in [-0.4, -0.2) is 26.1 Å². The number of ether oxygens (including phenoxy) is 1. The van der Waals surface area contributed by atoms with E-state index >= 15 is 0 Å². The van der Waals surface area contributed by atoms with E-state index in [1.165, 1.54) is 29.9 Å². The van der Waals surface area contributed by atoms with Crippen LogP contribution in [0, 0.1) is 6.92 Å². The molecule has 2 heterocycles. The zero-order chi connectivity index (χ0) is 17.5. The minimum atomic E-state index is -3.77. The second-order valence-electron chi connectivity index (χ2n) is 5.71. The fraction of sp³-hybridized carbons (Fsp3) is 0.294. The molecule has 1 aromatic carbocycles. The molecule has 0 bridgehead atoms. The summed E-state index contributed by atoms with van der Waals surface area (Å²) in [7, 11) is -2.52. The van der Waals surface area contributed by atoms with Crippen LogP contribution in [0.3, 0.4) is 0 Å². The molecule has 2 aromatic rings. The third-order valence-corrected chi connectivity index (χ3v) is 6.09. The maximum absolute atomic E-state index is 13.0. The fourth-order valence-electron chi connectivity index (χ4n) is 3.07. The van der Waals surface area contributed by atoms with Crippen molar-refractivity contribution >= 4 is 15.8 Å². The van der Waals surface area contributed by atoms with Crippen LogP contribution in [0.1, 0.15) is 23.7 Å². The average Bonchev–Trinajstić information content (AvgIpc) is 3.03. The molecule has 0 saturated heterocycles. The molecule has 0 N–H and O–H groups in total. The number of carbonyl (C=O) groups is 1. The first-order valence-electron chi connectivity index (χ1n) is 7.51. The van der Waals surface area contributed by atoms with Crippen molar-refractivity contribution in [2.45, 2.75) is 35.6 Å². The number of aryl methyl sites for hydroxylation is 1. The van der Waals surface area contributed by atoms with Crippen molar-refractivity contribution < 1.29 is 17.9 Å². The number of benzene rings is 1. The van der Waals surface area contributed by atoms with E-state index in [-0.39, 0.29) is 20.9 Å². The maximum atomic E-state index is 13.0. The Morgan fingerprint density at radius 2 is 1.92 bits per heavy atom. The van der Waals surface area contributed by atoms with Gasteiger partial charge in [0.25, 0.3) is 5.56 Å². The second-order valence-corrected chi connectivity index (χ2v) is 7.63. The molecule has 6 nitrogen and oxygen atoms in total. The highest BCUT2D eigenvalue weighted by Gasteiger charge is 2.35. The number of esters is 1. The fourth-order valence-corrected chi connectivity index (χ4v) is 4.68. The Labute approximate surface area is 139 Å². The lowest BCUT2D eigenvalue weighted by molar-refractivity contribution is -0.144. The predicted molar refractivity (Wildman–Crippen MR) is 86.7 cm³/mol. The summed E-state index contributed by atoms with van der Waals surface area (Å²) in [5.74, 6) is -0.537. The van der Waals surface area contributed by atoms with Crippen molar-refractivity contribution in [2.75, 3.05) is 7.11 Å². The zero-order valence-electron chi connectivity index (χ0n) is 13.4. The van der Waals surface area contributed by atoms with E-state index in [0.29, 0.717) is 18.5 Å². The Bertz CT molecular complexity index is 960. The third-order valence-electron chi connectivity index (χ3n) is 4.26. The van der Waals surface area contributed by atoms with Crippen LogP contribution >= 0.6 is 0 Å². The number of hydrogen-bond donors (Lipinski definition) is 0. The standard InChI is InChI=1S/C17H17NO5S/c1-11-10-15(24(21,22)12-6-4-3-5-7-12)13-8-9-14(17(20)23-2)18(13)16(11)19/h3-7,10,14H,8-9H2,1-2H3. The van der Waals surface area contributed by atoms with Gasteiger partial charge in [-0.05, 0) is 38.0 Å². The van der Waals surface area contributed by atoms with E-state index in [1.54, 1.807) is 25.1 Å². The van der Waals surface area contributed by atoms with Gasteiger partial charge >= 0.3 is 5.97 Å². The highest BCUT2D eigenvalue weighted by atomic mass is 32.2. The smallest absolute Gasteiger partial charge is 0.328 e. The van der Waals surface area contributed by atoms with Gasteiger partial charge in [0.15, 0.2) is 0 Å². The van der Waals surface area contributed by atoms with Crippen molar-refractivity contribution in [1.29, 1.82) is 0 Å². The molecule has 0 fully saturated rings. The van der Waals surface area contributed by atoms with E-state index in [4.69, 9.17) is 4.74 Å². The van der Waals surface area contributed by atoms with Crippen LogP contribution in [0.2, 0.25) is 0 Å². The summed E-state index contributed by atoms with van der Waals surface area (Å²) in [5, 5.41) is 0. The molecule has 7 heteroatoms. The summed E-state index contributed by atoms with van der Waals surface area (Å²) < 4.78 is 32.0. The number of rotatable bonds is 3. The van der Waals surface area contributed by atoms with Crippen LogP contribution < -0.4 is 5.56 Å². The summed E-state index contributed by atoms with van der Waals surface area (Å²) in [4.78, 5) is 24.6. The Kier molecular flexibility index (Phi) is 4.04. The summed E-state index contributed by atoms with van der Waals surface area (Å²) in [5.41, 5.74) is 0.291. The van der Waals surface area contributed by atoms with Gasteiger partial charge in [-0.3, -0.25) is 9.36 Å². The number of fused-ring (bicyclic) bond motifs is 1. The lowest BCUT2D eigenvalue weighted by atomic mass is 10.2. The predicted octanol–water partition coefficient (Wildman–Crippen LogP) is 1.65. The topological polar surface area (TPSA) is 82.4 Å². The molecule has 1 aliphatic rings. The highest BCUT2D eigenvalue weighted by molar-refractivity contribution is 7.91. The molecule has 1 atom stereocenters. The average molecular weight is 347 g/mol. The molecule has 1 unspecified atom stereocenters. The Morgan fingerprint density at radius 3 is 2.54 bits per heavy atom. The summed E-state index contributed by atoms with van der Waals surface area (Å²) in [6, 6.07) is 8.67. The van der Waals surface area contributed by atoms with Gasteiger partial charge in [0.2, 0.25) is 9.84 Å². The number of pyridine rings is 1. The van der Waals surface area contributed by atoms with Crippen LogP contribution in [0.4, 0.5) is 0 Å². The Balaban J connectivity index is 2.26. The number of methoxy groups -OCH3 is 1. The van der Waals surface area contributed by atoms with Crippen molar-refractivity contribution in [3.63, 3.8) is 0 Å². The second kappa shape index (κ2) is 5.90. The van der Waals surface area contributed by atoms with Gasteiger partial charge in [0, 0.05) is 11.3 Å². The van der Waals surface area contributed by atoms with Gasteiger partial charge in [-0.15, -0.1) is 0 Å². The van der Waals surface area contributed by atoms with E-state index in [0.717, 1.165) is 0 Å². The first-order chi connectivity index (χ1) is 11.4. The van der Waals surface area contributed by atoms with Crippen LogP contribution in [0.25, 0.3) is 0 Å². The zero-order valence-corrected chi connectivity index (χ0v) is 14.2. The largest absolute Gasteiger partial charge is 0.467 e. The van der Waals surface area contributed by atoms with Crippen molar-refractivity contribution in [2.24, 2.45) is 0 Å². The molecular formula is C17H17NO5S. The quantitative estimate of drug-likeness (QED) is 0.789. The molecule has 3 rings (SSSR count). The molecule has 0 saturated carbocycles. The molecule has 24 heavy (non-hydrogen) atoms. The van der Waals surface area contributed by atoms with E-state index < -0.39 is 21.8 Å². The van der Waals surface area contributed by atoms with Crippen molar-refractivity contribution in [1.82, 2.24) is 4.57 Å². The molecule has 1 aliphatic heterocycles. The van der Waals surface area contributed by atoms with Gasteiger partial charge in [0.05, 0.1) is 16.9 Å². The molecule has 0 aliphatic carbocycles. The van der Waals surface area contributed by atoms with Gasteiger partial charge in [-0.25, -0.2) is 13.2 Å². The minimum absolute atomic E-state index is 0.0807. The Hall–Kier alpha value is -2.41. The lowest BCUT2D eigenvalue weighted by Gasteiger charge is -2.16. The van der Waals surface area contributed by atoms with Gasteiger partial charge in [-0.1, -0.05) is 18.2 Å². The highest BCUT2D eigenvalue weighted by Crippen LogP contribution is 2.32. The number of aromatic nitrogens is 1. The Morgan fingerprint density at radius 1 is 1.25 bits per heavy atom. The maximum Gasteiger partial charge on any atom is 0.328 e. The molecule has 0 amide bonds. The van der Waals surface area contributed by atoms with E-state index in [1.807, 2.05) is 0 Å². The van der Waals surface area contributed by atoms with Crippen molar-refractivity contribution in [3.05, 3.63) is 58.0 Å². The number of carbonyl (C=O) groups excluding carboxylic acids is 1. The van der Waals surface area contributed by atoms with Crippen LogP contribution in [-0.2, 0) is 25.8 Å². The third kappa shape index (κ3) is 2.45. The molecule has 0 spiro atoms. The first kappa shape index (κ1) is 16.4. The number of nitrogens with zero attached hydrogens (tertiary/aromatic N) is 1. The van der Waals surface area contributed by atoms with E-state index in [2.05, 4.69) is 0 Å². The number of hydrogen-bond acceptors (Lipinski definition) is 5. The molecule has 0 radical (unpaired) electrons. The molecule has 126 valence electrons. The van der Waals surface area contributed by atoms with Crippen LogP contribution in [0.15, 0.2) is 51.0 Å². The first-order valence-corrected chi connectivity index (χ1v) is 8.99. The minimum Gasteiger partial charge on any atom is -0.467 e. The monoisotopic (exact) mass is 347 g/mol. The lowest BCUT2D eigenvalue weighted by Crippen LogP contribution is -2.31. The van der Waals surface area contributed by atoms with Crippen LogP contribution in [0.5, 0.6) is 0 Å². The normalized spacial score (nSPS) is 16.7. The summed E-state index contributed by atoms with van der Waals surface area (Å²) >= 11 is 0. The van der Waals surface area contributed by atoms with Crippen molar-refractivity contribution in [3.8, 4) is 0 Å². The SMILES string of the molecule is COC(=O)C1CCc2c(S(=O)(=O)c3ccccc3)cc(C)c(=O)n21. The summed E-state index contributed by atoms with van der Waals surface area (Å²) in [6.45, 7) is 1.55. The van der Waals surface area contributed by atoms with Gasteiger partial charge < -0.3 is 4.74 Å². The number of sulfone groups is 1. The van der Waals surface area contributed by atoms with Gasteiger partial charge in [0.1, 0.15) is 6.04 Å². The van der Waals surface area contributed by atoms with Gasteiger partial charge in [-0.2, -0.15) is 0 Å². The molecule has 1 aromatic heterocycles. The molecular weight excluding hydrogens is 330 g/mol. The summed E-state index contributed by atoms with van der Waals surface area (Å²) in [6.07, 6.45) is 0.680. The van der Waals surface area contributed by atoms with E-state index in [9.17, 15) is 18.0 Å².